The van der Waals surface area contributed by atoms with Crippen LogP contribution in [0.4, 0.5) is 0 Å². The molecule has 0 radical (unpaired) electrons. The van der Waals surface area contributed by atoms with E-state index >= 15 is 0 Å². The van der Waals surface area contributed by atoms with Gasteiger partial charge in [-0.1, -0.05) is 19.9 Å². The maximum atomic E-state index is 4.51. The van der Waals surface area contributed by atoms with Crippen LogP contribution < -0.4 is 5.32 Å². The summed E-state index contributed by atoms with van der Waals surface area (Å²) in [6.07, 6.45) is 2.29. The van der Waals surface area contributed by atoms with Crippen molar-refractivity contribution in [1.29, 1.82) is 0 Å². The first-order valence-electron chi connectivity index (χ1n) is 5.86. The van der Waals surface area contributed by atoms with E-state index in [-0.39, 0.29) is 0 Å². The monoisotopic (exact) mass is 206 g/mol. The molecule has 0 bridgehead atoms. The predicted molar refractivity (Wildman–Crippen MR) is 65.0 cm³/mol. The first-order chi connectivity index (χ1) is 7.19. The highest BCUT2D eigenvalue weighted by Gasteiger charge is 2.11. The van der Waals surface area contributed by atoms with Crippen LogP contribution in [0.15, 0.2) is 12.1 Å². The van der Waals surface area contributed by atoms with Crippen molar-refractivity contribution in [2.45, 2.75) is 46.6 Å². The highest BCUT2D eigenvalue weighted by Crippen LogP contribution is 2.19. The summed E-state index contributed by atoms with van der Waals surface area (Å²) < 4.78 is 0. The molecule has 0 amide bonds. The number of nitrogens with zero attached hydrogens (tertiary/aromatic N) is 1. The fourth-order valence-electron chi connectivity index (χ4n) is 1.86. The first kappa shape index (κ1) is 12.2. The van der Waals surface area contributed by atoms with Gasteiger partial charge in [-0.25, -0.2) is 0 Å². The van der Waals surface area contributed by atoms with Crippen LogP contribution in [-0.2, 0) is 0 Å². The fraction of sp³-hybridized carbons (Fsp3) is 0.615. The van der Waals surface area contributed by atoms with Gasteiger partial charge in [0.1, 0.15) is 0 Å². The number of aryl methyl sites for hydroxylation is 2. The molecule has 0 aliphatic carbocycles. The van der Waals surface area contributed by atoms with E-state index < -0.39 is 0 Å². The second-order valence-electron chi connectivity index (χ2n) is 4.04. The molecule has 0 saturated carbocycles. The van der Waals surface area contributed by atoms with Crippen molar-refractivity contribution in [3.63, 3.8) is 0 Å². The van der Waals surface area contributed by atoms with Crippen molar-refractivity contribution in [3.8, 4) is 0 Å². The molecule has 1 aromatic rings. The van der Waals surface area contributed by atoms with E-state index in [1.165, 1.54) is 12.0 Å². The van der Waals surface area contributed by atoms with Crippen molar-refractivity contribution in [1.82, 2.24) is 10.3 Å². The van der Waals surface area contributed by atoms with Crippen LogP contribution >= 0.6 is 0 Å². The summed E-state index contributed by atoms with van der Waals surface area (Å²) in [5.41, 5.74) is 3.60. The third-order valence-corrected chi connectivity index (χ3v) is 2.69. The van der Waals surface area contributed by atoms with E-state index in [2.05, 4.69) is 43.2 Å². The standard InChI is InChI=1S/C13H22N2/c1-5-9-14-13(6-2)12-8-7-10(3)15-11(12)4/h7-8,13-14H,5-6,9H2,1-4H3. The molecule has 15 heavy (non-hydrogen) atoms. The minimum absolute atomic E-state index is 0.457. The van der Waals surface area contributed by atoms with Gasteiger partial charge in [-0.3, -0.25) is 4.98 Å². The van der Waals surface area contributed by atoms with E-state index in [1.54, 1.807) is 0 Å². The largest absolute Gasteiger partial charge is 0.310 e. The third kappa shape index (κ3) is 3.31. The van der Waals surface area contributed by atoms with Crippen LogP contribution in [0.25, 0.3) is 0 Å². The summed E-state index contributed by atoms with van der Waals surface area (Å²) in [5, 5.41) is 3.56. The Kier molecular flexibility index (Phi) is 4.76. The maximum Gasteiger partial charge on any atom is 0.0423 e. The summed E-state index contributed by atoms with van der Waals surface area (Å²) in [6.45, 7) is 9.62. The Bertz CT molecular complexity index is 307. The lowest BCUT2D eigenvalue weighted by Gasteiger charge is -2.18. The summed E-state index contributed by atoms with van der Waals surface area (Å²) >= 11 is 0. The first-order valence-corrected chi connectivity index (χ1v) is 5.86. The fourth-order valence-corrected chi connectivity index (χ4v) is 1.86. The van der Waals surface area contributed by atoms with Gasteiger partial charge >= 0.3 is 0 Å². The zero-order valence-corrected chi connectivity index (χ0v) is 10.3. The van der Waals surface area contributed by atoms with Crippen molar-refractivity contribution < 1.29 is 0 Å². The lowest BCUT2D eigenvalue weighted by Crippen LogP contribution is -2.22. The van der Waals surface area contributed by atoms with Gasteiger partial charge in [0.15, 0.2) is 0 Å². The molecule has 1 rings (SSSR count). The minimum Gasteiger partial charge on any atom is -0.310 e. The summed E-state index contributed by atoms with van der Waals surface area (Å²) in [7, 11) is 0. The summed E-state index contributed by atoms with van der Waals surface area (Å²) in [6, 6.07) is 4.76. The molecule has 1 N–H and O–H groups in total. The van der Waals surface area contributed by atoms with Gasteiger partial charge in [0, 0.05) is 17.4 Å². The van der Waals surface area contributed by atoms with Crippen molar-refractivity contribution in [2.24, 2.45) is 0 Å². The molecule has 1 aromatic heterocycles. The molecule has 1 unspecified atom stereocenters. The molecule has 0 aromatic carbocycles. The van der Waals surface area contributed by atoms with Gasteiger partial charge in [0.05, 0.1) is 0 Å². The topological polar surface area (TPSA) is 24.9 Å². The van der Waals surface area contributed by atoms with E-state index in [0.29, 0.717) is 6.04 Å². The van der Waals surface area contributed by atoms with Gasteiger partial charge < -0.3 is 5.32 Å². The van der Waals surface area contributed by atoms with E-state index in [9.17, 15) is 0 Å². The summed E-state index contributed by atoms with van der Waals surface area (Å²) in [5.74, 6) is 0. The van der Waals surface area contributed by atoms with E-state index in [0.717, 1.165) is 24.4 Å². The molecule has 0 aliphatic heterocycles. The molecule has 0 fully saturated rings. The molecular weight excluding hydrogens is 184 g/mol. The Morgan fingerprint density at radius 2 is 2.00 bits per heavy atom. The lowest BCUT2D eigenvalue weighted by atomic mass is 10.0. The van der Waals surface area contributed by atoms with Gasteiger partial charge in [0.2, 0.25) is 0 Å². The van der Waals surface area contributed by atoms with Gasteiger partial charge in [0.25, 0.3) is 0 Å². The Hall–Kier alpha value is -0.890. The number of pyridine rings is 1. The van der Waals surface area contributed by atoms with Crippen molar-refractivity contribution in [2.75, 3.05) is 6.54 Å². The zero-order valence-electron chi connectivity index (χ0n) is 10.3. The van der Waals surface area contributed by atoms with E-state index in [4.69, 9.17) is 0 Å². The second-order valence-corrected chi connectivity index (χ2v) is 4.04. The Morgan fingerprint density at radius 3 is 2.53 bits per heavy atom. The second kappa shape index (κ2) is 5.86. The number of hydrogen-bond donors (Lipinski definition) is 1. The quantitative estimate of drug-likeness (QED) is 0.800. The van der Waals surface area contributed by atoms with Gasteiger partial charge in [-0.15, -0.1) is 0 Å². The molecule has 0 saturated heterocycles. The summed E-state index contributed by atoms with van der Waals surface area (Å²) in [4.78, 5) is 4.51. The average molecular weight is 206 g/mol. The lowest BCUT2D eigenvalue weighted by molar-refractivity contribution is 0.514. The van der Waals surface area contributed by atoms with Gasteiger partial charge in [-0.2, -0.15) is 0 Å². The molecular formula is C13H22N2. The Morgan fingerprint density at radius 1 is 1.27 bits per heavy atom. The van der Waals surface area contributed by atoms with Crippen LogP contribution in [0.3, 0.4) is 0 Å². The molecule has 84 valence electrons. The smallest absolute Gasteiger partial charge is 0.0423 e. The third-order valence-electron chi connectivity index (χ3n) is 2.69. The molecule has 2 nitrogen and oxygen atoms in total. The molecule has 1 atom stereocenters. The van der Waals surface area contributed by atoms with Crippen LogP contribution in [0.1, 0.15) is 49.7 Å². The molecule has 1 heterocycles. The maximum absolute atomic E-state index is 4.51. The Balaban J connectivity index is 2.81. The molecule has 0 aliphatic rings. The number of aromatic nitrogens is 1. The highest BCUT2D eigenvalue weighted by atomic mass is 14.9. The van der Waals surface area contributed by atoms with Crippen LogP contribution in [0.5, 0.6) is 0 Å². The molecule has 0 spiro atoms. The average Bonchev–Trinajstić information content (AvgIpc) is 2.21. The predicted octanol–water partition coefficient (Wildman–Crippen LogP) is 3.15. The van der Waals surface area contributed by atoms with Crippen molar-refractivity contribution in [3.05, 3.63) is 29.1 Å². The molecule has 2 heteroatoms. The zero-order chi connectivity index (χ0) is 11.3. The minimum atomic E-state index is 0.457. The SMILES string of the molecule is CCCNC(CC)c1ccc(C)nc1C. The highest BCUT2D eigenvalue weighted by molar-refractivity contribution is 5.25. The normalized spacial score (nSPS) is 12.8. The van der Waals surface area contributed by atoms with Crippen LogP contribution in [-0.4, -0.2) is 11.5 Å². The van der Waals surface area contributed by atoms with Crippen LogP contribution in [0, 0.1) is 13.8 Å². The number of nitrogens with one attached hydrogen (secondary N) is 1. The van der Waals surface area contributed by atoms with Gasteiger partial charge in [-0.05, 0) is 44.9 Å². The van der Waals surface area contributed by atoms with Crippen molar-refractivity contribution >= 4 is 0 Å². The number of rotatable bonds is 5. The Labute approximate surface area is 93.1 Å². The number of hydrogen-bond acceptors (Lipinski definition) is 2. The van der Waals surface area contributed by atoms with Crippen LogP contribution in [0.2, 0.25) is 0 Å². The van der Waals surface area contributed by atoms with E-state index in [1.807, 2.05) is 6.92 Å².